The summed E-state index contributed by atoms with van der Waals surface area (Å²) in [5.74, 6) is 3.03. The second-order valence-electron chi connectivity index (χ2n) is 4.95. The van der Waals surface area contributed by atoms with Crippen molar-refractivity contribution in [2.24, 2.45) is 5.92 Å². The molecule has 20 heavy (non-hydrogen) atoms. The van der Waals surface area contributed by atoms with Gasteiger partial charge in [0.25, 0.3) is 0 Å². The molecule has 2 rings (SSSR count). The van der Waals surface area contributed by atoms with E-state index in [2.05, 4.69) is 9.69 Å². The van der Waals surface area contributed by atoms with Crippen LogP contribution in [0.3, 0.4) is 0 Å². The number of nitrogens with one attached hydrogen (secondary N) is 1. The number of thioether (sulfide) groups is 1. The maximum Gasteiger partial charge on any atom is 0.249 e. The van der Waals surface area contributed by atoms with Gasteiger partial charge in [-0.15, -0.1) is 0 Å². The molecule has 0 spiro atoms. The van der Waals surface area contributed by atoms with E-state index in [0.717, 1.165) is 22.4 Å². The molecule has 0 aliphatic carbocycles. The van der Waals surface area contributed by atoms with E-state index < -0.39 is 10.0 Å². The highest BCUT2D eigenvalue weighted by molar-refractivity contribution is 7.99. The second-order valence-corrected chi connectivity index (χ2v) is 9.04. The van der Waals surface area contributed by atoms with Crippen LogP contribution in [0, 0.1) is 5.92 Å². The van der Waals surface area contributed by atoms with Crippen molar-refractivity contribution in [3.8, 4) is 0 Å². The fourth-order valence-corrected chi connectivity index (χ4v) is 5.31. The summed E-state index contributed by atoms with van der Waals surface area (Å²) in [7, 11) is -0.569. The molecule has 0 radical (unpaired) electrons. The lowest BCUT2D eigenvalue weighted by Crippen LogP contribution is -2.24. The van der Waals surface area contributed by atoms with E-state index in [9.17, 15) is 8.42 Å². The van der Waals surface area contributed by atoms with Crippen molar-refractivity contribution in [3.63, 3.8) is 0 Å². The lowest BCUT2D eigenvalue weighted by atomic mass is 10.0. The third kappa shape index (κ3) is 3.38. The predicted molar refractivity (Wildman–Crippen MR) is 85.9 cm³/mol. The molecule has 1 saturated heterocycles. The Balaban J connectivity index is 2.13. The summed E-state index contributed by atoms with van der Waals surface area (Å²) in [5, 5.41) is 3.78. The van der Waals surface area contributed by atoms with Crippen molar-refractivity contribution in [3.05, 3.63) is 0 Å². The average Bonchev–Trinajstić information content (AvgIpc) is 2.79. The van der Waals surface area contributed by atoms with Gasteiger partial charge in [0.1, 0.15) is 5.00 Å². The maximum atomic E-state index is 12.3. The van der Waals surface area contributed by atoms with Gasteiger partial charge in [-0.2, -0.15) is 16.1 Å². The number of hydrogen-bond donors (Lipinski definition) is 2. The molecule has 2 heterocycles. The Bertz CT molecular complexity index is 550. The van der Waals surface area contributed by atoms with Crippen molar-refractivity contribution < 1.29 is 8.42 Å². The summed E-state index contributed by atoms with van der Waals surface area (Å²) >= 11 is 3.09. The number of nitrogens with zero attached hydrogens (tertiary/aromatic N) is 2. The topological polar surface area (TPSA) is 88.3 Å². The monoisotopic (exact) mass is 336 g/mol. The highest BCUT2D eigenvalue weighted by atomic mass is 32.2. The minimum atomic E-state index is -3.56. The van der Waals surface area contributed by atoms with E-state index in [1.54, 1.807) is 0 Å². The molecule has 1 aromatic rings. The molecule has 1 aliphatic heterocycles. The van der Waals surface area contributed by atoms with Crippen molar-refractivity contribution in [1.29, 1.82) is 0 Å². The van der Waals surface area contributed by atoms with Gasteiger partial charge in [0.05, 0.1) is 0 Å². The van der Waals surface area contributed by atoms with E-state index in [0.29, 0.717) is 10.9 Å². The zero-order valence-electron chi connectivity index (χ0n) is 11.6. The standard InChI is InChI=1S/C11H20N4O2S3/c1-15(2)20(16,17)9-10(12)14-19-11(9)13-7-8-3-5-18-6-4-8/h8,13H,3-7H2,1-2H3,(H2,12,14). The summed E-state index contributed by atoms with van der Waals surface area (Å²) < 4.78 is 29.6. The van der Waals surface area contributed by atoms with Crippen LogP contribution in [0.1, 0.15) is 12.8 Å². The third-order valence-electron chi connectivity index (χ3n) is 3.30. The molecule has 6 nitrogen and oxygen atoms in total. The van der Waals surface area contributed by atoms with E-state index >= 15 is 0 Å². The number of anilines is 2. The van der Waals surface area contributed by atoms with Crippen LogP contribution in [0.5, 0.6) is 0 Å². The number of aromatic nitrogens is 1. The summed E-state index contributed by atoms with van der Waals surface area (Å²) in [6.07, 6.45) is 2.34. The van der Waals surface area contributed by atoms with Gasteiger partial charge in [-0.1, -0.05) is 0 Å². The highest BCUT2D eigenvalue weighted by Crippen LogP contribution is 2.33. The first-order valence-corrected chi connectivity index (χ1v) is 9.79. The number of rotatable bonds is 5. The molecule has 0 amide bonds. The SMILES string of the molecule is CN(C)S(=O)(=O)c1c(N)nsc1NCC1CCSCC1. The van der Waals surface area contributed by atoms with E-state index in [4.69, 9.17) is 5.73 Å². The number of sulfonamides is 1. The van der Waals surface area contributed by atoms with Gasteiger partial charge >= 0.3 is 0 Å². The molecular weight excluding hydrogens is 316 g/mol. The minimum Gasteiger partial charge on any atom is -0.382 e. The Morgan fingerprint density at radius 3 is 2.65 bits per heavy atom. The fraction of sp³-hybridized carbons (Fsp3) is 0.727. The predicted octanol–water partition coefficient (Wildman–Crippen LogP) is 1.53. The maximum absolute atomic E-state index is 12.3. The quantitative estimate of drug-likeness (QED) is 0.848. The van der Waals surface area contributed by atoms with E-state index in [1.165, 1.54) is 38.4 Å². The number of hydrogen-bond acceptors (Lipinski definition) is 7. The molecule has 0 atom stereocenters. The van der Waals surface area contributed by atoms with Crippen LogP contribution in [-0.4, -0.2) is 49.2 Å². The summed E-state index contributed by atoms with van der Waals surface area (Å²) in [4.78, 5) is 0.109. The van der Waals surface area contributed by atoms with Crippen molar-refractivity contribution in [2.75, 3.05) is 43.2 Å². The zero-order valence-corrected chi connectivity index (χ0v) is 14.1. The molecule has 3 N–H and O–H groups in total. The normalized spacial score (nSPS) is 17.6. The Kier molecular flexibility index (Phi) is 5.16. The number of nitrogen functional groups attached to an aromatic ring is 1. The van der Waals surface area contributed by atoms with Crippen molar-refractivity contribution >= 4 is 44.1 Å². The van der Waals surface area contributed by atoms with E-state index in [1.807, 2.05) is 11.8 Å². The van der Waals surface area contributed by atoms with Crippen LogP contribution in [0.2, 0.25) is 0 Å². The van der Waals surface area contributed by atoms with Gasteiger partial charge in [-0.05, 0) is 41.8 Å². The Morgan fingerprint density at radius 1 is 1.40 bits per heavy atom. The van der Waals surface area contributed by atoms with Gasteiger partial charge in [-0.3, -0.25) is 0 Å². The Labute approximate surface area is 128 Å². The third-order valence-corrected chi connectivity index (χ3v) is 7.19. The molecule has 0 saturated carbocycles. The van der Waals surface area contributed by atoms with Gasteiger partial charge < -0.3 is 11.1 Å². The Hall–Kier alpha value is -0.510. The second kappa shape index (κ2) is 6.50. The van der Waals surface area contributed by atoms with E-state index in [-0.39, 0.29) is 10.7 Å². The first-order valence-electron chi connectivity index (χ1n) is 6.42. The van der Waals surface area contributed by atoms with Gasteiger partial charge in [0.2, 0.25) is 10.0 Å². The van der Waals surface area contributed by atoms with Gasteiger partial charge in [0.15, 0.2) is 10.7 Å². The van der Waals surface area contributed by atoms with Crippen LogP contribution in [0.25, 0.3) is 0 Å². The smallest absolute Gasteiger partial charge is 0.249 e. The lowest BCUT2D eigenvalue weighted by Gasteiger charge is -2.22. The van der Waals surface area contributed by atoms with Crippen LogP contribution < -0.4 is 11.1 Å². The zero-order chi connectivity index (χ0) is 14.8. The summed E-state index contributed by atoms with van der Waals surface area (Å²) in [5.41, 5.74) is 5.72. The van der Waals surface area contributed by atoms with Crippen LogP contribution in [0.15, 0.2) is 4.90 Å². The Morgan fingerprint density at radius 2 is 2.05 bits per heavy atom. The van der Waals surface area contributed by atoms with Gasteiger partial charge in [-0.25, -0.2) is 12.7 Å². The molecule has 1 aliphatic rings. The first-order chi connectivity index (χ1) is 9.43. The molecule has 0 aromatic carbocycles. The summed E-state index contributed by atoms with van der Waals surface area (Å²) in [6.45, 7) is 0.776. The van der Waals surface area contributed by atoms with Crippen molar-refractivity contribution in [1.82, 2.24) is 8.68 Å². The lowest BCUT2D eigenvalue weighted by molar-refractivity contribution is 0.514. The van der Waals surface area contributed by atoms with Crippen LogP contribution in [-0.2, 0) is 10.0 Å². The average molecular weight is 337 g/mol. The molecule has 9 heteroatoms. The molecule has 0 bridgehead atoms. The van der Waals surface area contributed by atoms with Gasteiger partial charge in [0, 0.05) is 20.6 Å². The minimum absolute atomic E-state index is 0.0744. The first kappa shape index (κ1) is 15.9. The molecule has 0 unspecified atom stereocenters. The molecular formula is C11H20N4O2S3. The van der Waals surface area contributed by atoms with Crippen molar-refractivity contribution in [2.45, 2.75) is 17.7 Å². The molecule has 114 valence electrons. The van der Waals surface area contributed by atoms with Crippen LogP contribution in [0.4, 0.5) is 10.8 Å². The van der Waals surface area contributed by atoms with Crippen LogP contribution >= 0.6 is 23.3 Å². The fourth-order valence-electron chi connectivity index (χ4n) is 2.03. The molecule has 1 aromatic heterocycles. The number of nitrogens with two attached hydrogens (primary N) is 1. The summed E-state index contributed by atoms with van der Waals surface area (Å²) in [6, 6.07) is 0. The molecule has 1 fully saturated rings. The largest absolute Gasteiger partial charge is 0.382 e. The highest BCUT2D eigenvalue weighted by Gasteiger charge is 2.28.